The second-order valence-corrected chi connectivity index (χ2v) is 6.61. The number of amides is 1. The molecular weight excluding hydrogens is 294 g/mol. The predicted octanol–water partition coefficient (Wildman–Crippen LogP) is 3.87. The highest BCUT2D eigenvalue weighted by molar-refractivity contribution is 7.99. The van der Waals surface area contributed by atoms with Crippen LogP contribution in [0.3, 0.4) is 0 Å². The van der Waals surface area contributed by atoms with Gasteiger partial charge >= 0.3 is 0 Å². The third-order valence-electron chi connectivity index (χ3n) is 3.95. The summed E-state index contributed by atoms with van der Waals surface area (Å²) < 4.78 is 1.98. The Labute approximate surface area is 135 Å². The summed E-state index contributed by atoms with van der Waals surface area (Å²) in [6.45, 7) is 0. The summed E-state index contributed by atoms with van der Waals surface area (Å²) in [5.41, 5.74) is 1.25. The molecule has 0 aliphatic heterocycles. The van der Waals surface area contributed by atoms with E-state index in [0.29, 0.717) is 11.8 Å². The summed E-state index contributed by atoms with van der Waals surface area (Å²) in [6, 6.07) is 12.6. The first-order valence-electron chi connectivity index (χ1n) is 7.78. The number of anilines is 1. The van der Waals surface area contributed by atoms with Crippen molar-refractivity contribution in [3.8, 4) is 0 Å². The second kappa shape index (κ2) is 7.49. The first-order chi connectivity index (χ1) is 10.8. The fraction of sp³-hybridized carbons (Fsp3) is 0.412. The number of carbonyl (C=O) groups is 1. The van der Waals surface area contributed by atoms with Crippen LogP contribution < -0.4 is 5.32 Å². The van der Waals surface area contributed by atoms with E-state index in [1.165, 1.54) is 18.4 Å². The Morgan fingerprint density at radius 3 is 2.77 bits per heavy atom. The van der Waals surface area contributed by atoms with Gasteiger partial charge in [0.1, 0.15) is 5.82 Å². The highest BCUT2D eigenvalue weighted by Gasteiger charge is 2.20. The van der Waals surface area contributed by atoms with Gasteiger partial charge in [0, 0.05) is 11.8 Å². The molecule has 4 nitrogen and oxygen atoms in total. The molecule has 1 fully saturated rings. The van der Waals surface area contributed by atoms with Crippen LogP contribution >= 0.6 is 11.8 Å². The van der Waals surface area contributed by atoms with Gasteiger partial charge in [0.2, 0.25) is 5.91 Å². The van der Waals surface area contributed by atoms with Crippen molar-refractivity contribution in [2.24, 2.45) is 0 Å². The van der Waals surface area contributed by atoms with Gasteiger partial charge < -0.3 is 5.32 Å². The maximum absolute atomic E-state index is 12.1. The number of carbonyl (C=O) groups excluding carboxylic acids is 1. The molecule has 1 aliphatic rings. The first-order valence-corrected chi connectivity index (χ1v) is 8.93. The Balaban J connectivity index is 1.49. The molecule has 0 atom stereocenters. The van der Waals surface area contributed by atoms with E-state index in [2.05, 4.69) is 22.5 Å². The maximum Gasteiger partial charge on any atom is 0.235 e. The minimum Gasteiger partial charge on any atom is -0.310 e. The van der Waals surface area contributed by atoms with Gasteiger partial charge in [-0.15, -0.1) is 11.8 Å². The Morgan fingerprint density at radius 2 is 2.00 bits per heavy atom. The van der Waals surface area contributed by atoms with Gasteiger partial charge in [-0.2, -0.15) is 5.10 Å². The van der Waals surface area contributed by atoms with Gasteiger partial charge in [0.25, 0.3) is 0 Å². The molecule has 1 heterocycles. The monoisotopic (exact) mass is 315 g/mol. The van der Waals surface area contributed by atoms with Gasteiger partial charge in [-0.05, 0) is 18.4 Å². The number of hydrogen-bond donors (Lipinski definition) is 1. The van der Waals surface area contributed by atoms with Crippen molar-refractivity contribution in [2.75, 3.05) is 11.1 Å². The van der Waals surface area contributed by atoms with Crippen LogP contribution in [-0.2, 0) is 10.5 Å². The summed E-state index contributed by atoms with van der Waals surface area (Å²) in [4.78, 5) is 12.1. The quantitative estimate of drug-likeness (QED) is 0.880. The molecule has 5 heteroatoms. The molecule has 2 aromatic rings. The van der Waals surface area contributed by atoms with E-state index in [4.69, 9.17) is 0 Å². The zero-order valence-electron chi connectivity index (χ0n) is 12.6. The van der Waals surface area contributed by atoms with Crippen molar-refractivity contribution >= 4 is 23.5 Å². The lowest BCUT2D eigenvalue weighted by atomic mass is 10.2. The summed E-state index contributed by atoms with van der Waals surface area (Å²) in [6.07, 6.45) is 6.60. The van der Waals surface area contributed by atoms with Gasteiger partial charge in [-0.25, -0.2) is 4.68 Å². The molecule has 0 saturated heterocycles. The minimum absolute atomic E-state index is 0.0423. The van der Waals surface area contributed by atoms with Gasteiger partial charge in [0.15, 0.2) is 0 Å². The van der Waals surface area contributed by atoms with Crippen LogP contribution in [0.5, 0.6) is 0 Å². The molecule has 116 valence electrons. The Bertz CT molecular complexity index is 605. The summed E-state index contributed by atoms with van der Waals surface area (Å²) in [5.74, 6) is 2.19. The molecule has 1 aromatic carbocycles. The van der Waals surface area contributed by atoms with Gasteiger partial charge in [-0.3, -0.25) is 4.79 Å². The average Bonchev–Trinajstić information content (AvgIpc) is 3.19. The molecule has 3 rings (SSSR count). The molecule has 1 aromatic heterocycles. The number of nitrogens with one attached hydrogen (secondary N) is 1. The number of benzene rings is 1. The number of thioether (sulfide) groups is 1. The van der Waals surface area contributed by atoms with Crippen LogP contribution in [0.1, 0.15) is 37.3 Å². The van der Waals surface area contributed by atoms with Crippen LogP contribution in [0.25, 0.3) is 0 Å². The smallest absolute Gasteiger partial charge is 0.235 e. The molecule has 1 aliphatic carbocycles. The molecule has 1 N–H and O–H groups in total. The highest BCUT2D eigenvalue weighted by atomic mass is 32.2. The standard InChI is InChI=1S/C17H21N3OS/c21-17(13-22-12-14-6-2-1-3-7-14)19-16-10-11-18-20(16)15-8-4-5-9-15/h1-3,6-7,10-11,15H,4-5,8-9,12-13H2,(H,19,21). The van der Waals surface area contributed by atoms with Crippen molar-refractivity contribution in [3.63, 3.8) is 0 Å². The van der Waals surface area contributed by atoms with Crippen LogP contribution in [0.2, 0.25) is 0 Å². The van der Waals surface area contributed by atoms with Gasteiger partial charge in [-0.1, -0.05) is 43.2 Å². The van der Waals surface area contributed by atoms with Crippen molar-refractivity contribution < 1.29 is 4.79 Å². The van der Waals surface area contributed by atoms with Gasteiger partial charge in [0.05, 0.1) is 18.0 Å². The predicted molar refractivity (Wildman–Crippen MR) is 91.0 cm³/mol. The fourth-order valence-corrected chi connectivity index (χ4v) is 3.66. The average molecular weight is 315 g/mol. The first kappa shape index (κ1) is 15.2. The van der Waals surface area contributed by atoms with Crippen molar-refractivity contribution in [1.82, 2.24) is 9.78 Å². The lowest BCUT2D eigenvalue weighted by Crippen LogP contribution is -2.19. The second-order valence-electron chi connectivity index (χ2n) is 5.63. The largest absolute Gasteiger partial charge is 0.310 e. The number of hydrogen-bond acceptors (Lipinski definition) is 3. The van der Waals surface area contributed by atoms with Crippen molar-refractivity contribution in [2.45, 2.75) is 37.5 Å². The number of rotatable bonds is 6. The van der Waals surface area contributed by atoms with Crippen LogP contribution in [0, 0.1) is 0 Å². The Kier molecular flexibility index (Phi) is 5.16. The maximum atomic E-state index is 12.1. The molecule has 0 bridgehead atoms. The Hall–Kier alpha value is -1.75. The zero-order chi connectivity index (χ0) is 15.2. The third kappa shape index (κ3) is 3.91. The van der Waals surface area contributed by atoms with Crippen LogP contribution in [0.15, 0.2) is 42.6 Å². The van der Waals surface area contributed by atoms with Crippen LogP contribution in [-0.4, -0.2) is 21.4 Å². The number of aromatic nitrogens is 2. The van der Waals surface area contributed by atoms with E-state index in [-0.39, 0.29) is 5.91 Å². The molecular formula is C17H21N3OS. The van der Waals surface area contributed by atoms with Crippen molar-refractivity contribution in [1.29, 1.82) is 0 Å². The lowest BCUT2D eigenvalue weighted by Gasteiger charge is -2.14. The van der Waals surface area contributed by atoms with Crippen LogP contribution in [0.4, 0.5) is 5.82 Å². The molecule has 0 unspecified atom stereocenters. The lowest BCUT2D eigenvalue weighted by molar-refractivity contribution is -0.113. The summed E-state index contributed by atoms with van der Waals surface area (Å²) in [5, 5.41) is 7.37. The highest BCUT2D eigenvalue weighted by Crippen LogP contribution is 2.31. The molecule has 1 amide bonds. The fourth-order valence-electron chi connectivity index (χ4n) is 2.87. The minimum atomic E-state index is 0.0423. The summed E-state index contributed by atoms with van der Waals surface area (Å²) >= 11 is 1.63. The number of nitrogens with zero attached hydrogens (tertiary/aromatic N) is 2. The van der Waals surface area contributed by atoms with E-state index in [9.17, 15) is 4.79 Å². The SMILES string of the molecule is O=C(CSCc1ccccc1)Nc1ccnn1C1CCCC1. The van der Waals surface area contributed by atoms with E-state index in [0.717, 1.165) is 24.4 Å². The normalized spacial score (nSPS) is 15.1. The summed E-state index contributed by atoms with van der Waals surface area (Å²) in [7, 11) is 0. The van der Waals surface area contributed by atoms with E-state index in [1.807, 2.05) is 28.9 Å². The van der Waals surface area contributed by atoms with E-state index < -0.39 is 0 Å². The molecule has 0 spiro atoms. The molecule has 22 heavy (non-hydrogen) atoms. The van der Waals surface area contributed by atoms with E-state index in [1.54, 1.807) is 18.0 Å². The topological polar surface area (TPSA) is 46.9 Å². The third-order valence-corrected chi connectivity index (χ3v) is 4.96. The Morgan fingerprint density at radius 1 is 1.23 bits per heavy atom. The molecule has 1 saturated carbocycles. The van der Waals surface area contributed by atoms with Crippen molar-refractivity contribution in [3.05, 3.63) is 48.2 Å². The van der Waals surface area contributed by atoms with E-state index >= 15 is 0 Å². The molecule has 0 radical (unpaired) electrons. The zero-order valence-corrected chi connectivity index (χ0v) is 13.4.